The molecule has 2 N–H and O–H groups in total. The van der Waals surface area contributed by atoms with Crippen molar-refractivity contribution in [1.29, 1.82) is 0 Å². The molecule has 2 aliphatic heterocycles. The molecule has 2 fully saturated rings. The van der Waals surface area contributed by atoms with Crippen LogP contribution in [-0.2, 0) is 9.59 Å². The van der Waals surface area contributed by atoms with E-state index in [2.05, 4.69) is 5.32 Å². The van der Waals surface area contributed by atoms with Crippen LogP contribution >= 0.6 is 0 Å². The van der Waals surface area contributed by atoms with Crippen molar-refractivity contribution in [2.45, 2.75) is 19.3 Å². The minimum Gasteiger partial charge on any atom is -0.480 e. The van der Waals surface area contributed by atoms with Crippen molar-refractivity contribution in [3.63, 3.8) is 0 Å². The third-order valence-electron chi connectivity index (χ3n) is 3.91. The van der Waals surface area contributed by atoms with Crippen molar-refractivity contribution in [1.82, 2.24) is 15.1 Å². The molecule has 1 atom stereocenters. The Kier molecular flexibility index (Phi) is 5.15. The Hall–Kier alpha value is -1.14. The fourth-order valence-electron chi connectivity index (χ4n) is 2.86. The van der Waals surface area contributed by atoms with E-state index in [0.29, 0.717) is 13.1 Å². The highest BCUT2D eigenvalue weighted by Crippen LogP contribution is 2.15. The lowest BCUT2D eigenvalue weighted by molar-refractivity contribution is -0.138. The number of hydrogen-bond acceptors (Lipinski definition) is 4. The Morgan fingerprint density at radius 1 is 1.16 bits per heavy atom. The van der Waals surface area contributed by atoms with Crippen LogP contribution < -0.4 is 5.32 Å². The predicted octanol–water partition coefficient (Wildman–Crippen LogP) is -0.395. The molecule has 0 aromatic heterocycles. The Morgan fingerprint density at radius 2 is 2.00 bits per heavy atom. The largest absolute Gasteiger partial charge is 0.480 e. The molecular formula is C13H23N3O3. The van der Waals surface area contributed by atoms with Crippen molar-refractivity contribution in [2.24, 2.45) is 5.92 Å². The molecule has 0 spiro atoms. The molecule has 0 aromatic carbocycles. The summed E-state index contributed by atoms with van der Waals surface area (Å²) in [6, 6.07) is 0. The standard InChI is InChI=1S/C13H23N3O3/c17-12(18)10-15-5-2-6-16(8-7-15)13(19)11-3-1-4-14-9-11/h11,14H,1-10H2,(H,17,18)/t11-/m0/s1. The summed E-state index contributed by atoms with van der Waals surface area (Å²) in [5.41, 5.74) is 0. The van der Waals surface area contributed by atoms with E-state index in [1.54, 1.807) is 0 Å². The predicted molar refractivity (Wildman–Crippen MR) is 70.9 cm³/mol. The van der Waals surface area contributed by atoms with E-state index >= 15 is 0 Å². The molecule has 0 aromatic rings. The second-order valence-electron chi connectivity index (χ2n) is 5.39. The number of carboxylic acids is 1. The summed E-state index contributed by atoms with van der Waals surface area (Å²) >= 11 is 0. The zero-order chi connectivity index (χ0) is 13.7. The third kappa shape index (κ3) is 4.18. The number of amides is 1. The zero-order valence-electron chi connectivity index (χ0n) is 11.3. The first-order valence-electron chi connectivity index (χ1n) is 7.10. The molecule has 2 saturated heterocycles. The van der Waals surface area contributed by atoms with Gasteiger partial charge in [-0.15, -0.1) is 0 Å². The average Bonchev–Trinajstić information content (AvgIpc) is 2.64. The van der Waals surface area contributed by atoms with E-state index in [4.69, 9.17) is 5.11 Å². The number of hydrogen-bond donors (Lipinski definition) is 2. The molecule has 0 bridgehead atoms. The highest BCUT2D eigenvalue weighted by atomic mass is 16.4. The summed E-state index contributed by atoms with van der Waals surface area (Å²) in [6.45, 7) is 4.71. The van der Waals surface area contributed by atoms with E-state index < -0.39 is 5.97 Å². The van der Waals surface area contributed by atoms with E-state index in [1.807, 2.05) is 9.80 Å². The first kappa shape index (κ1) is 14.3. The van der Waals surface area contributed by atoms with Crippen LogP contribution in [0.15, 0.2) is 0 Å². The van der Waals surface area contributed by atoms with Gasteiger partial charge in [0.15, 0.2) is 0 Å². The van der Waals surface area contributed by atoms with Gasteiger partial charge in [0.2, 0.25) is 5.91 Å². The molecule has 1 amide bonds. The van der Waals surface area contributed by atoms with Gasteiger partial charge in [-0.05, 0) is 25.8 Å². The molecular weight excluding hydrogens is 246 g/mol. The second kappa shape index (κ2) is 6.86. The SMILES string of the molecule is O=C(O)CN1CCCN(C(=O)[C@H]2CCCNC2)CC1. The van der Waals surface area contributed by atoms with Gasteiger partial charge in [-0.2, -0.15) is 0 Å². The molecule has 108 valence electrons. The van der Waals surface area contributed by atoms with Crippen LogP contribution in [0.1, 0.15) is 19.3 Å². The first-order valence-corrected chi connectivity index (χ1v) is 7.10. The summed E-state index contributed by atoms with van der Waals surface area (Å²) < 4.78 is 0. The maximum atomic E-state index is 12.4. The normalized spacial score (nSPS) is 25.9. The van der Waals surface area contributed by atoms with Crippen LogP contribution in [0.4, 0.5) is 0 Å². The summed E-state index contributed by atoms with van der Waals surface area (Å²) in [4.78, 5) is 26.9. The summed E-state index contributed by atoms with van der Waals surface area (Å²) in [5.74, 6) is -0.444. The fourth-order valence-corrected chi connectivity index (χ4v) is 2.86. The minimum absolute atomic E-state index is 0.0764. The van der Waals surface area contributed by atoms with E-state index in [1.165, 1.54) is 0 Å². The number of nitrogens with one attached hydrogen (secondary N) is 1. The summed E-state index contributed by atoms with van der Waals surface area (Å²) in [6.07, 6.45) is 2.90. The van der Waals surface area contributed by atoms with Gasteiger partial charge in [0.25, 0.3) is 0 Å². The van der Waals surface area contributed by atoms with Gasteiger partial charge in [-0.25, -0.2) is 0 Å². The molecule has 19 heavy (non-hydrogen) atoms. The second-order valence-corrected chi connectivity index (χ2v) is 5.39. The first-order chi connectivity index (χ1) is 9.16. The van der Waals surface area contributed by atoms with Gasteiger partial charge in [-0.1, -0.05) is 0 Å². The minimum atomic E-state index is -0.795. The van der Waals surface area contributed by atoms with Gasteiger partial charge in [0.05, 0.1) is 12.5 Å². The number of carbonyl (C=O) groups excluding carboxylic acids is 1. The van der Waals surface area contributed by atoms with Crippen LogP contribution in [0, 0.1) is 5.92 Å². The van der Waals surface area contributed by atoms with Crippen LogP contribution in [0.3, 0.4) is 0 Å². The number of carbonyl (C=O) groups is 2. The van der Waals surface area contributed by atoms with Crippen LogP contribution in [0.25, 0.3) is 0 Å². The van der Waals surface area contributed by atoms with Crippen molar-refractivity contribution >= 4 is 11.9 Å². The molecule has 0 unspecified atom stereocenters. The van der Waals surface area contributed by atoms with E-state index in [-0.39, 0.29) is 18.4 Å². The smallest absolute Gasteiger partial charge is 0.317 e. The van der Waals surface area contributed by atoms with Crippen LogP contribution in [-0.4, -0.2) is 72.6 Å². The van der Waals surface area contributed by atoms with Crippen molar-refractivity contribution in [3.8, 4) is 0 Å². The molecule has 6 heteroatoms. The van der Waals surface area contributed by atoms with Crippen LogP contribution in [0.2, 0.25) is 0 Å². The molecule has 0 aliphatic carbocycles. The average molecular weight is 269 g/mol. The molecule has 0 radical (unpaired) electrons. The summed E-state index contributed by atoms with van der Waals surface area (Å²) in [5, 5.41) is 12.1. The maximum absolute atomic E-state index is 12.4. The highest BCUT2D eigenvalue weighted by Gasteiger charge is 2.27. The zero-order valence-corrected chi connectivity index (χ0v) is 11.3. The fraction of sp³-hybridized carbons (Fsp3) is 0.846. The Balaban J connectivity index is 1.84. The van der Waals surface area contributed by atoms with Gasteiger partial charge < -0.3 is 15.3 Å². The van der Waals surface area contributed by atoms with Crippen molar-refractivity contribution in [2.75, 3.05) is 45.8 Å². The number of piperidine rings is 1. The highest BCUT2D eigenvalue weighted by molar-refractivity contribution is 5.79. The number of aliphatic carboxylic acids is 1. The van der Waals surface area contributed by atoms with Gasteiger partial charge in [0, 0.05) is 32.7 Å². The quantitative estimate of drug-likeness (QED) is 0.730. The van der Waals surface area contributed by atoms with Crippen LogP contribution in [0.5, 0.6) is 0 Å². The lowest BCUT2D eigenvalue weighted by atomic mass is 9.98. The van der Waals surface area contributed by atoms with Gasteiger partial charge in [0.1, 0.15) is 0 Å². The molecule has 2 aliphatic rings. The Labute approximate surface area is 113 Å². The number of nitrogens with zero attached hydrogens (tertiary/aromatic N) is 2. The lowest BCUT2D eigenvalue weighted by Crippen LogP contribution is -2.44. The maximum Gasteiger partial charge on any atom is 0.317 e. The van der Waals surface area contributed by atoms with Crippen molar-refractivity contribution in [3.05, 3.63) is 0 Å². The summed E-state index contributed by atoms with van der Waals surface area (Å²) in [7, 11) is 0. The lowest BCUT2D eigenvalue weighted by Gasteiger charge is -2.28. The molecule has 2 rings (SSSR count). The molecule has 6 nitrogen and oxygen atoms in total. The van der Waals surface area contributed by atoms with E-state index in [0.717, 1.165) is 45.4 Å². The number of rotatable bonds is 3. The molecule has 2 heterocycles. The molecule has 0 saturated carbocycles. The van der Waals surface area contributed by atoms with Gasteiger partial charge in [-0.3, -0.25) is 14.5 Å². The monoisotopic (exact) mass is 269 g/mol. The van der Waals surface area contributed by atoms with Crippen molar-refractivity contribution < 1.29 is 14.7 Å². The third-order valence-corrected chi connectivity index (χ3v) is 3.91. The van der Waals surface area contributed by atoms with E-state index in [9.17, 15) is 9.59 Å². The number of carboxylic acid groups (broad SMARTS) is 1. The van der Waals surface area contributed by atoms with Gasteiger partial charge >= 0.3 is 5.97 Å². The Morgan fingerprint density at radius 3 is 2.68 bits per heavy atom. The topological polar surface area (TPSA) is 72.9 Å². The Bertz CT molecular complexity index is 329.